The summed E-state index contributed by atoms with van der Waals surface area (Å²) in [5, 5.41) is 19.6. The molecule has 0 saturated heterocycles. The van der Waals surface area contributed by atoms with Crippen molar-refractivity contribution in [2.24, 2.45) is 0 Å². The van der Waals surface area contributed by atoms with Gasteiger partial charge in [0.25, 0.3) is 0 Å². The summed E-state index contributed by atoms with van der Waals surface area (Å²) in [6.45, 7) is 0. The van der Waals surface area contributed by atoms with Crippen LogP contribution in [0.4, 0.5) is 4.39 Å². The second-order valence-electron chi connectivity index (χ2n) is 3.13. The average molecular weight is 298 g/mol. The van der Waals surface area contributed by atoms with E-state index in [1.54, 1.807) is 0 Å². The Hall–Kier alpha value is -0.160. The molecule has 0 aromatic heterocycles. The largest absolute Gasteiger partial charge is 0.390 e. The minimum absolute atomic E-state index is 0.0240. The van der Waals surface area contributed by atoms with Gasteiger partial charge in [-0.15, -0.1) is 0 Å². The highest BCUT2D eigenvalue weighted by molar-refractivity contribution is 9.09. The fraction of sp³-hybridized carbons (Fsp3) is 0.400. The van der Waals surface area contributed by atoms with E-state index >= 15 is 0 Å². The maximum absolute atomic E-state index is 13.4. The monoisotopic (exact) mass is 296 g/mol. The third kappa shape index (κ3) is 3.14. The van der Waals surface area contributed by atoms with Crippen molar-refractivity contribution in [2.75, 3.05) is 5.33 Å². The lowest BCUT2D eigenvalue weighted by Gasteiger charge is -2.18. The first kappa shape index (κ1) is 12.9. The van der Waals surface area contributed by atoms with Gasteiger partial charge in [0, 0.05) is 10.9 Å². The zero-order valence-corrected chi connectivity index (χ0v) is 10.2. The molecule has 1 rings (SSSR count). The molecule has 5 heteroatoms. The standard InChI is InChI=1S/C10H11BrClFO2/c11-5-4-8(14)10(15)6-2-1-3-7(12)9(6)13/h1-3,8,10,14-15H,4-5H2. The first-order valence-electron chi connectivity index (χ1n) is 4.44. The molecule has 0 aliphatic carbocycles. The van der Waals surface area contributed by atoms with Gasteiger partial charge in [-0.3, -0.25) is 0 Å². The van der Waals surface area contributed by atoms with Crippen LogP contribution in [0.1, 0.15) is 18.1 Å². The van der Waals surface area contributed by atoms with Crippen LogP contribution in [-0.4, -0.2) is 21.6 Å². The van der Waals surface area contributed by atoms with Crippen LogP contribution in [0.15, 0.2) is 18.2 Å². The molecule has 0 amide bonds. The van der Waals surface area contributed by atoms with Gasteiger partial charge in [-0.05, 0) is 12.5 Å². The van der Waals surface area contributed by atoms with Crippen LogP contribution in [0, 0.1) is 5.82 Å². The van der Waals surface area contributed by atoms with Crippen molar-refractivity contribution < 1.29 is 14.6 Å². The molecule has 0 aliphatic heterocycles. The molecule has 1 aromatic carbocycles. The predicted octanol–water partition coefficient (Wildman–Crippen LogP) is 2.66. The Kier molecular flexibility index (Phi) is 4.99. The molecule has 0 bridgehead atoms. The van der Waals surface area contributed by atoms with E-state index in [9.17, 15) is 14.6 Å². The highest BCUT2D eigenvalue weighted by Crippen LogP contribution is 2.26. The van der Waals surface area contributed by atoms with Gasteiger partial charge in [0.05, 0.1) is 11.1 Å². The molecule has 0 heterocycles. The quantitative estimate of drug-likeness (QED) is 0.839. The van der Waals surface area contributed by atoms with Gasteiger partial charge in [-0.2, -0.15) is 0 Å². The third-order valence-corrected chi connectivity index (χ3v) is 2.82. The second kappa shape index (κ2) is 5.80. The molecular weight excluding hydrogens is 286 g/mol. The lowest BCUT2D eigenvalue weighted by molar-refractivity contribution is 0.0153. The van der Waals surface area contributed by atoms with Crippen molar-refractivity contribution in [1.29, 1.82) is 0 Å². The van der Waals surface area contributed by atoms with E-state index in [4.69, 9.17) is 11.6 Å². The van der Waals surface area contributed by atoms with E-state index in [-0.39, 0.29) is 10.6 Å². The Morgan fingerprint density at radius 3 is 2.67 bits per heavy atom. The number of halogens is 3. The summed E-state index contributed by atoms with van der Waals surface area (Å²) in [7, 11) is 0. The van der Waals surface area contributed by atoms with E-state index in [1.165, 1.54) is 18.2 Å². The topological polar surface area (TPSA) is 40.5 Å². The van der Waals surface area contributed by atoms with Crippen LogP contribution in [0.2, 0.25) is 5.02 Å². The van der Waals surface area contributed by atoms with Crippen LogP contribution < -0.4 is 0 Å². The zero-order valence-electron chi connectivity index (χ0n) is 7.83. The second-order valence-corrected chi connectivity index (χ2v) is 4.33. The smallest absolute Gasteiger partial charge is 0.147 e. The maximum Gasteiger partial charge on any atom is 0.147 e. The summed E-state index contributed by atoms with van der Waals surface area (Å²) >= 11 is 8.70. The van der Waals surface area contributed by atoms with Crippen LogP contribution in [0.3, 0.4) is 0 Å². The molecule has 0 saturated carbocycles. The third-order valence-electron chi connectivity index (χ3n) is 2.07. The zero-order chi connectivity index (χ0) is 11.4. The number of hydrogen-bond acceptors (Lipinski definition) is 2. The van der Waals surface area contributed by atoms with E-state index in [2.05, 4.69) is 15.9 Å². The van der Waals surface area contributed by atoms with Gasteiger partial charge in [-0.25, -0.2) is 4.39 Å². The SMILES string of the molecule is OC(CCBr)C(O)c1cccc(Cl)c1F. The average Bonchev–Trinajstić information content (AvgIpc) is 2.21. The number of alkyl halides is 1. The molecule has 2 unspecified atom stereocenters. The normalized spacial score (nSPS) is 15.0. The lowest BCUT2D eigenvalue weighted by Crippen LogP contribution is -2.19. The summed E-state index contributed by atoms with van der Waals surface area (Å²) in [6.07, 6.45) is -1.91. The molecule has 0 spiro atoms. The highest BCUT2D eigenvalue weighted by atomic mass is 79.9. The van der Waals surface area contributed by atoms with Gasteiger partial charge in [-0.1, -0.05) is 39.7 Å². The summed E-state index contributed by atoms with van der Waals surface area (Å²) < 4.78 is 13.4. The molecule has 0 fully saturated rings. The molecular formula is C10H11BrClFO2. The number of benzene rings is 1. The first-order valence-corrected chi connectivity index (χ1v) is 5.94. The van der Waals surface area contributed by atoms with Crippen molar-refractivity contribution >= 4 is 27.5 Å². The van der Waals surface area contributed by atoms with Gasteiger partial charge in [0.1, 0.15) is 11.9 Å². The van der Waals surface area contributed by atoms with Crippen molar-refractivity contribution in [3.05, 3.63) is 34.6 Å². The molecule has 15 heavy (non-hydrogen) atoms. The first-order chi connectivity index (χ1) is 7.07. The van der Waals surface area contributed by atoms with Crippen LogP contribution >= 0.6 is 27.5 Å². The van der Waals surface area contributed by atoms with Crippen molar-refractivity contribution in [2.45, 2.75) is 18.6 Å². The molecule has 2 N–H and O–H groups in total. The van der Waals surface area contributed by atoms with E-state index in [1.807, 2.05) is 0 Å². The van der Waals surface area contributed by atoms with Gasteiger partial charge < -0.3 is 10.2 Å². The van der Waals surface area contributed by atoms with Crippen LogP contribution in [0.5, 0.6) is 0 Å². The molecule has 0 aliphatic rings. The van der Waals surface area contributed by atoms with E-state index in [0.29, 0.717) is 11.8 Å². The van der Waals surface area contributed by atoms with E-state index < -0.39 is 18.0 Å². The molecule has 2 nitrogen and oxygen atoms in total. The summed E-state index contributed by atoms with van der Waals surface area (Å²) in [6, 6.07) is 4.33. The number of rotatable bonds is 4. The Morgan fingerprint density at radius 2 is 2.07 bits per heavy atom. The van der Waals surface area contributed by atoms with Gasteiger partial charge in [0.2, 0.25) is 0 Å². The summed E-state index contributed by atoms with van der Waals surface area (Å²) in [4.78, 5) is 0. The number of aliphatic hydroxyl groups excluding tert-OH is 2. The number of hydrogen-bond donors (Lipinski definition) is 2. The van der Waals surface area contributed by atoms with Gasteiger partial charge >= 0.3 is 0 Å². The van der Waals surface area contributed by atoms with E-state index in [0.717, 1.165) is 0 Å². The lowest BCUT2D eigenvalue weighted by atomic mass is 10.0. The fourth-order valence-corrected chi connectivity index (χ4v) is 1.88. The predicted molar refractivity (Wildman–Crippen MR) is 60.8 cm³/mol. The molecule has 0 radical (unpaired) electrons. The van der Waals surface area contributed by atoms with Crippen molar-refractivity contribution in [1.82, 2.24) is 0 Å². The Labute approximate surface area is 101 Å². The summed E-state index contributed by atoms with van der Waals surface area (Å²) in [5.41, 5.74) is 0.0240. The van der Waals surface area contributed by atoms with Crippen molar-refractivity contribution in [3.63, 3.8) is 0 Å². The highest BCUT2D eigenvalue weighted by Gasteiger charge is 2.21. The minimum Gasteiger partial charge on any atom is -0.390 e. The molecule has 1 aromatic rings. The van der Waals surface area contributed by atoms with Crippen LogP contribution in [0.25, 0.3) is 0 Å². The molecule has 2 atom stereocenters. The molecule has 84 valence electrons. The Morgan fingerprint density at radius 1 is 1.40 bits per heavy atom. The fourth-order valence-electron chi connectivity index (χ4n) is 1.23. The summed E-state index contributed by atoms with van der Waals surface area (Å²) in [5.74, 6) is -0.680. The van der Waals surface area contributed by atoms with Gasteiger partial charge in [0.15, 0.2) is 0 Å². The Balaban J connectivity index is 2.90. The number of aliphatic hydroxyl groups is 2. The maximum atomic E-state index is 13.4. The van der Waals surface area contributed by atoms with Crippen LogP contribution in [-0.2, 0) is 0 Å². The van der Waals surface area contributed by atoms with Crippen molar-refractivity contribution in [3.8, 4) is 0 Å². The minimum atomic E-state index is -1.25. The Bertz CT molecular complexity index is 335.